The normalized spacial score (nSPS) is 12.6. The second-order valence-corrected chi connectivity index (χ2v) is 3.88. The average Bonchev–Trinajstić information content (AvgIpc) is 2.15. The topological polar surface area (TPSA) is 35.2 Å². The lowest BCUT2D eigenvalue weighted by Gasteiger charge is -2.08. The zero-order valence-electron chi connectivity index (χ0n) is 8.59. The van der Waals surface area contributed by atoms with Gasteiger partial charge in [-0.15, -0.1) is 0 Å². The molecule has 1 aromatic rings. The van der Waals surface area contributed by atoms with Gasteiger partial charge in [-0.05, 0) is 37.5 Å². The number of methoxy groups -OCH3 is 1. The highest BCUT2D eigenvalue weighted by Crippen LogP contribution is 2.23. The van der Waals surface area contributed by atoms with Crippen molar-refractivity contribution in [3.05, 3.63) is 28.8 Å². The first-order chi connectivity index (χ1) is 6.63. The first kappa shape index (κ1) is 11.3. The smallest absolute Gasteiger partial charge is 0.120 e. The van der Waals surface area contributed by atoms with Gasteiger partial charge >= 0.3 is 0 Å². The molecule has 0 saturated heterocycles. The number of halogens is 1. The van der Waals surface area contributed by atoms with Crippen molar-refractivity contribution in [1.82, 2.24) is 0 Å². The summed E-state index contributed by atoms with van der Waals surface area (Å²) in [5.74, 6) is 0.791. The molecule has 0 aliphatic heterocycles. The molecule has 1 aromatic carbocycles. The van der Waals surface area contributed by atoms with Crippen LogP contribution in [0, 0.1) is 0 Å². The third kappa shape index (κ3) is 3.20. The highest BCUT2D eigenvalue weighted by molar-refractivity contribution is 6.31. The van der Waals surface area contributed by atoms with Crippen molar-refractivity contribution in [3.8, 4) is 5.75 Å². The predicted molar refractivity (Wildman–Crippen MR) is 60.0 cm³/mol. The molecule has 3 heteroatoms. The van der Waals surface area contributed by atoms with Gasteiger partial charge in [-0.3, -0.25) is 0 Å². The lowest BCUT2D eigenvalue weighted by atomic mass is 10.1. The molecular weight excluding hydrogens is 198 g/mol. The van der Waals surface area contributed by atoms with Gasteiger partial charge in [-0.1, -0.05) is 17.7 Å². The first-order valence-electron chi connectivity index (χ1n) is 4.71. The standard InChI is InChI=1S/C11H16ClNO/c1-8(13)3-4-9-5-6-10(14-2)7-11(9)12/h5-8H,3-4,13H2,1-2H3/t8-/m0/s1. The molecule has 0 radical (unpaired) electrons. The van der Waals surface area contributed by atoms with E-state index in [1.807, 2.05) is 25.1 Å². The van der Waals surface area contributed by atoms with E-state index in [4.69, 9.17) is 22.1 Å². The maximum atomic E-state index is 6.07. The number of benzene rings is 1. The summed E-state index contributed by atoms with van der Waals surface area (Å²) in [5.41, 5.74) is 6.81. The number of aryl methyl sites for hydroxylation is 1. The van der Waals surface area contributed by atoms with E-state index >= 15 is 0 Å². The van der Waals surface area contributed by atoms with Crippen LogP contribution in [0.2, 0.25) is 5.02 Å². The number of hydrogen-bond donors (Lipinski definition) is 1. The Kier molecular flexibility index (Phi) is 4.23. The number of ether oxygens (including phenoxy) is 1. The molecule has 14 heavy (non-hydrogen) atoms. The van der Waals surface area contributed by atoms with Crippen LogP contribution in [0.15, 0.2) is 18.2 Å². The summed E-state index contributed by atoms with van der Waals surface area (Å²) >= 11 is 6.07. The number of nitrogens with two attached hydrogens (primary N) is 1. The summed E-state index contributed by atoms with van der Waals surface area (Å²) in [5, 5.41) is 0.755. The molecule has 0 heterocycles. The zero-order valence-corrected chi connectivity index (χ0v) is 9.34. The molecule has 78 valence electrons. The molecule has 0 aromatic heterocycles. The quantitative estimate of drug-likeness (QED) is 0.835. The fraction of sp³-hybridized carbons (Fsp3) is 0.455. The first-order valence-corrected chi connectivity index (χ1v) is 5.09. The lowest BCUT2D eigenvalue weighted by molar-refractivity contribution is 0.414. The van der Waals surface area contributed by atoms with Gasteiger partial charge in [0.1, 0.15) is 5.75 Å². The predicted octanol–water partition coefficient (Wildman–Crippen LogP) is 2.63. The summed E-state index contributed by atoms with van der Waals surface area (Å²) in [7, 11) is 1.63. The van der Waals surface area contributed by atoms with Crippen LogP contribution in [-0.2, 0) is 6.42 Å². The van der Waals surface area contributed by atoms with Gasteiger partial charge in [0.15, 0.2) is 0 Å². The highest BCUT2D eigenvalue weighted by atomic mass is 35.5. The van der Waals surface area contributed by atoms with E-state index in [-0.39, 0.29) is 6.04 Å². The summed E-state index contributed by atoms with van der Waals surface area (Å²) < 4.78 is 5.07. The minimum atomic E-state index is 0.216. The average molecular weight is 214 g/mol. The zero-order chi connectivity index (χ0) is 10.6. The monoisotopic (exact) mass is 213 g/mol. The van der Waals surface area contributed by atoms with Gasteiger partial charge in [0.2, 0.25) is 0 Å². The molecule has 0 aliphatic rings. The van der Waals surface area contributed by atoms with Gasteiger partial charge in [0.05, 0.1) is 7.11 Å². The maximum absolute atomic E-state index is 6.07. The molecule has 2 nitrogen and oxygen atoms in total. The summed E-state index contributed by atoms with van der Waals surface area (Å²) in [4.78, 5) is 0. The molecule has 0 unspecified atom stereocenters. The van der Waals surface area contributed by atoms with Crippen LogP contribution in [0.4, 0.5) is 0 Å². The van der Waals surface area contributed by atoms with E-state index in [9.17, 15) is 0 Å². The molecule has 0 aliphatic carbocycles. The lowest BCUT2D eigenvalue weighted by Crippen LogP contribution is -2.15. The highest BCUT2D eigenvalue weighted by Gasteiger charge is 2.03. The third-order valence-electron chi connectivity index (χ3n) is 2.13. The van der Waals surface area contributed by atoms with Crippen molar-refractivity contribution in [3.63, 3.8) is 0 Å². The van der Waals surface area contributed by atoms with E-state index in [1.54, 1.807) is 7.11 Å². The second-order valence-electron chi connectivity index (χ2n) is 3.47. The van der Waals surface area contributed by atoms with Crippen molar-refractivity contribution in [2.45, 2.75) is 25.8 Å². The van der Waals surface area contributed by atoms with Crippen LogP contribution in [0.1, 0.15) is 18.9 Å². The van der Waals surface area contributed by atoms with E-state index in [2.05, 4.69) is 0 Å². The van der Waals surface area contributed by atoms with Crippen molar-refractivity contribution in [2.75, 3.05) is 7.11 Å². The van der Waals surface area contributed by atoms with Gasteiger partial charge in [0.25, 0.3) is 0 Å². The van der Waals surface area contributed by atoms with E-state index in [0.717, 1.165) is 29.2 Å². The van der Waals surface area contributed by atoms with Crippen LogP contribution in [0.5, 0.6) is 5.75 Å². The molecule has 1 atom stereocenters. The van der Waals surface area contributed by atoms with Crippen LogP contribution < -0.4 is 10.5 Å². The summed E-state index contributed by atoms with van der Waals surface area (Å²) in [6, 6.07) is 5.96. The Labute approximate surface area is 90.0 Å². The Hall–Kier alpha value is -0.730. The van der Waals surface area contributed by atoms with Gasteiger partial charge in [-0.25, -0.2) is 0 Å². The molecule has 0 spiro atoms. The van der Waals surface area contributed by atoms with Crippen molar-refractivity contribution in [1.29, 1.82) is 0 Å². The van der Waals surface area contributed by atoms with E-state index in [1.165, 1.54) is 0 Å². The Morgan fingerprint density at radius 1 is 1.50 bits per heavy atom. The van der Waals surface area contributed by atoms with Gasteiger partial charge in [0, 0.05) is 11.1 Å². The van der Waals surface area contributed by atoms with Gasteiger partial charge < -0.3 is 10.5 Å². The van der Waals surface area contributed by atoms with E-state index < -0.39 is 0 Å². The molecule has 0 bridgehead atoms. The van der Waals surface area contributed by atoms with Crippen molar-refractivity contribution in [2.24, 2.45) is 5.73 Å². The Bertz CT molecular complexity index is 299. The molecule has 0 saturated carbocycles. The molecular formula is C11H16ClNO. The second kappa shape index (κ2) is 5.23. The molecule has 2 N–H and O–H groups in total. The van der Waals surface area contributed by atoms with Crippen molar-refractivity contribution >= 4 is 11.6 Å². The minimum absolute atomic E-state index is 0.216. The summed E-state index contributed by atoms with van der Waals surface area (Å²) in [6.45, 7) is 2.00. The van der Waals surface area contributed by atoms with E-state index in [0.29, 0.717) is 0 Å². The SMILES string of the molecule is COc1ccc(CC[C@H](C)N)c(Cl)c1. The Balaban J connectivity index is 2.69. The molecule has 0 amide bonds. The Morgan fingerprint density at radius 2 is 2.21 bits per heavy atom. The van der Waals surface area contributed by atoms with Crippen LogP contribution >= 0.6 is 11.6 Å². The van der Waals surface area contributed by atoms with Crippen LogP contribution in [-0.4, -0.2) is 13.2 Å². The molecule has 0 fully saturated rings. The molecule has 1 rings (SSSR count). The third-order valence-corrected chi connectivity index (χ3v) is 2.48. The van der Waals surface area contributed by atoms with Crippen molar-refractivity contribution < 1.29 is 4.74 Å². The fourth-order valence-electron chi connectivity index (χ4n) is 1.24. The number of rotatable bonds is 4. The largest absolute Gasteiger partial charge is 0.497 e. The van der Waals surface area contributed by atoms with Crippen LogP contribution in [0.3, 0.4) is 0 Å². The maximum Gasteiger partial charge on any atom is 0.120 e. The minimum Gasteiger partial charge on any atom is -0.497 e. The Morgan fingerprint density at radius 3 is 2.71 bits per heavy atom. The van der Waals surface area contributed by atoms with Gasteiger partial charge in [-0.2, -0.15) is 0 Å². The van der Waals surface area contributed by atoms with Crippen LogP contribution in [0.25, 0.3) is 0 Å². The summed E-state index contributed by atoms with van der Waals surface area (Å²) in [6.07, 6.45) is 1.87. The fourth-order valence-corrected chi connectivity index (χ4v) is 1.51. The number of hydrogen-bond acceptors (Lipinski definition) is 2.